The maximum Gasteiger partial charge on any atom is 0.234 e. The van der Waals surface area contributed by atoms with E-state index in [2.05, 4.69) is 10.6 Å². The van der Waals surface area contributed by atoms with E-state index in [0.29, 0.717) is 32.0 Å². The first-order valence-electron chi connectivity index (χ1n) is 5.97. The second kappa shape index (κ2) is 7.22. The summed E-state index contributed by atoms with van der Waals surface area (Å²) in [5.74, 6) is -0.247. The number of rotatable bonds is 7. The molecule has 16 heavy (non-hydrogen) atoms. The van der Waals surface area contributed by atoms with E-state index >= 15 is 0 Å². The maximum absolute atomic E-state index is 11.4. The SMILES string of the molecule is NC(=O)CCCNCC(=O)NC1CCCC1. The Morgan fingerprint density at radius 1 is 1.25 bits per heavy atom. The molecule has 5 heteroatoms. The van der Waals surface area contributed by atoms with Crippen molar-refractivity contribution < 1.29 is 9.59 Å². The van der Waals surface area contributed by atoms with Crippen molar-refractivity contribution in [2.24, 2.45) is 5.73 Å². The third-order valence-corrected chi connectivity index (χ3v) is 2.78. The topological polar surface area (TPSA) is 84.2 Å². The highest BCUT2D eigenvalue weighted by atomic mass is 16.2. The van der Waals surface area contributed by atoms with Gasteiger partial charge in [-0.25, -0.2) is 0 Å². The van der Waals surface area contributed by atoms with E-state index < -0.39 is 0 Å². The molecule has 0 aliphatic heterocycles. The molecule has 0 atom stereocenters. The molecule has 0 aromatic carbocycles. The summed E-state index contributed by atoms with van der Waals surface area (Å²) in [7, 11) is 0. The standard InChI is InChI=1S/C11H21N3O2/c12-10(15)6-3-7-13-8-11(16)14-9-4-1-2-5-9/h9,13H,1-8H2,(H2,12,15)(H,14,16). The van der Waals surface area contributed by atoms with Crippen molar-refractivity contribution >= 4 is 11.8 Å². The molecule has 0 radical (unpaired) electrons. The lowest BCUT2D eigenvalue weighted by atomic mass is 10.2. The van der Waals surface area contributed by atoms with E-state index in [9.17, 15) is 9.59 Å². The fraction of sp³-hybridized carbons (Fsp3) is 0.818. The molecule has 0 aromatic rings. The van der Waals surface area contributed by atoms with Gasteiger partial charge in [-0.1, -0.05) is 12.8 Å². The summed E-state index contributed by atoms with van der Waals surface area (Å²) in [5.41, 5.74) is 5.00. The van der Waals surface area contributed by atoms with Crippen LogP contribution < -0.4 is 16.4 Å². The van der Waals surface area contributed by atoms with E-state index in [-0.39, 0.29) is 11.8 Å². The van der Waals surface area contributed by atoms with Crippen LogP contribution >= 0.6 is 0 Å². The first-order chi connectivity index (χ1) is 7.68. The van der Waals surface area contributed by atoms with Crippen LogP contribution in [-0.2, 0) is 9.59 Å². The maximum atomic E-state index is 11.4. The van der Waals surface area contributed by atoms with Gasteiger partial charge in [-0.15, -0.1) is 0 Å². The molecule has 1 saturated carbocycles. The van der Waals surface area contributed by atoms with Gasteiger partial charge in [-0.3, -0.25) is 9.59 Å². The highest BCUT2D eigenvalue weighted by molar-refractivity contribution is 5.78. The van der Waals surface area contributed by atoms with Crippen LogP contribution in [0, 0.1) is 0 Å². The van der Waals surface area contributed by atoms with Crippen molar-refractivity contribution in [1.82, 2.24) is 10.6 Å². The highest BCUT2D eigenvalue weighted by Gasteiger charge is 2.16. The molecule has 5 nitrogen and oxygen atoms in total. The van der Waals surface area contributed by atoms with Crippen LogP contribution in [0.1, 0.15) is 38.5 Å². The van der Waals surface area contributed by atoms with Gasteiger partial charge in [-0.05, 0) is 25.8 Å². The van der Waals surface area contributed by atoms with Crippen LogP contribution in [0.5, 0.6) is 0 Å². The van der Waals surface area contributed by atoms with E-state index in [4.69, 9.17) is 5.73 Å². The Morgan fingerprint density at radius 2 is 1.94 bits per heavy atom. The predicted molar refractivity (Wildman–Crippen MR) is 61.7 cm³/mol. The van der Waals surface area contributed by atoms with E-state index in [1.807, 2.05) is 0 Å². The molecule has 0 unspecified atom stereocenters. The van der Waals surface area contributed by atoms with E-state index in [1.54, 1.807) is 0 Å². The molecule has 1 fully saturated rings. The zero-order valence-electron chi connectivity index (χ0n) is 9.63. The zero-order chi connectivity index (χ0) is 11.8. The normalized spacial score (nSPS) is 16.2. The van der Waals surface area contributed by atoms with Gasteiger partial charge in [0.25, 0.3) is 0 Å². The fourth-order valence-corrected chi connectivity index (χ4v) is 1.94. The second-order valence-electron chi connectivity index (χ2n) is 4.30. The molecule has 92 valence electrons. The fourth-order valence-electron chi connectivity index (χ4n) is 1.94. The highest BCUT2D eigenvalue weighted by Crippen LogP contribution is 2.17. The molecule has 2 amide bonds. The average molecular weight is 227 g/mol. The molecule has 0 spiro atoms. The molecule has 0 bridgehead atoms. The van der Waals surface area contributed by atoms with Crippen molar-refractivity contribution in [3.8, 4) is 0 Å². The third-order valence-electron chi connectivity index (χ3n) is 2.78. The predicted octanol–water partition coefficient (Wildman–Crippen LogP) is -0.0997. The smallest absolute Gasteiger partial charge is 0.234 e. The summed E-state index contributed by atoms with van der Waals surface area (Å²) >= 11 is 0. The summed E-state index contributed by atoms with van der Waals surface area (Å²) in [6.07, 6.45) is 5.71. The monoisotopic (exact) mass is 227 g/mol. The third kappa shape index (κ3) is 5.70. The van der Waals surface area contributed by atoms with Gasteiger partial charge in [0.1, 0.15) is 0 Å². The number of hydrogen-bond acceptors (Lipinski definition) is 3. The minimum absolute atomic E-state index is 0.0472. The number of hydrogen-bond donors (Lipinski definition) is 3. The minimum Gasteiger partial charge on any atom is -0.370 e. The Morgan fingerprint density at radius 3 is 2.56 bits per heavy atom. The van der Waals surface area contributed by atoms with Gasteiger partial charge in [0, 0.05) is 12.5 Å². The van der Waals surface area contributed by atoms with Gasteiger partial charge in [0.15, 0.2) is 0 Å². The number of carbonyl (C=O) groups is 2. The van der Waals surface area contributed by atoms with Gasteiger partial charge >= 0.3 is 0 Å². The summed E-state index contributed by atoms with van der Waals surface area (Å²) in [6.45, 7) is 0.982. The van der Waals surface area contributed by atoms with Gasteiger partial charge in [-0.2, -0.15) is 0 Å². The van der Waals surface area contributed by atoms with Gasteiger partial charge in [0.05, 0.1) is 6.54 Å². The van der Waals surface area contributed by atoms with Gasteiger partial charge in [0.2, 0.25) is 11.8 Å². The second-order valence-corrected chi connectivity index (χ2v) is 4.30. The molecule has 1 aliphatic rings. The lowest BCUT2D eigenvalue weighted by molar-refractivity contribution is -0.120. The zero-order valence-corrected chi connectivity index (χ0v) is 9.63. The Bertz CT molecular complexity index is 237. The Labute approximate surface area is 96.1 Å². The van der Waals surface area contributed by atoms with Crippen LogP contribution in [0.25, 0.3) is 0 Å². The lowest BCUT2D eigenvalue weighted by Crippen LogP contribution is -2.39. The van der Waals surface area contributed by atoms with Crippen molar-refractivity contribution in [3.63, 3.8) is 0 Å². The van der Waals surface area contributed by atoms with Crippen LogP contribution in [-0.4, -0.2) is 30.9 Å². The first kappa shape index (κ1) is 13.0. The van der Waals surface area contributed by atoms with E-state index in [0.717, 1.165) is 12.8 Å². The lowest BCUT2D eigenvalue weighted by Gasteiger charge is -2.12. The Kier molecular flexibility index (Phi) is 5.85. The molecular formula is C11H21N3O2. The van der Waals surface area contributed by atoms with Crippen molar-refractivity contribution in [2.45, 2.75) is 44.6 Å². The number of amides is 2. The summed E-state index contributed by atoms with van der Waals surface area (Å²) in [6, 6.07) is 0.375. The van der Waals surface area contributed by atoms with Crippen molar-refractivity contribution in [2.75, 3.05) is 13.1 Å². The largest absolute Gasteiger partial charge is 0.370 e. The Hall–Kier alpha value is -1.10. The van der Waals surface area contributed by atoms with Crippen molar-refractivity contribution in [3.05, 3.63) is 0 Å². The summed E-state index contributed by atoms with van der Waals surface area (Å²) in [5, 5.41) is 5.98. The van der Waals surface area contributed by atoms with Crippen LogP contribution in [0.15, 0.2) is 0 Å². The average Bonchev–Trinajstić information content (AvgIpc) is 2.69. The minimum atomic E-state index is -0.294. The molecule has 1 aliphatic carbocycles. The molecular weight excluding hydrogens is 206 g/mol. The van der Waals surface area contributed by atoms with E-state index in [1.165, 1.54) is 12.8 Å². The van der Waals surface area contributed by atoms with Crippen molar-refractivity contribution in [1.29, 1.82) is 0 Å². The number of carbonyl (C=O) groups excluding carboxylic acids is 2. The number of nitrogens with one attached hydrogen (secondary N) is 2. The molecule has 1 rings (SSSR count). The van der Waals surface area contributed by atoms with Gasteiger partial charge < -0.3 is 16.4 Å². The van der Waals surface area contributed by atoms with Crippen LogP contribution in [0.2, 0.25) is 0 Å². The quantitative estimate of drug-likeness (QED) is 0.531. The summed E-state index contributed by atoms with van der Waals surface area (Å²) < 4.78 is 0. The molecule has 0 aromatic heterocycles. The molecule has 4 N–H and O–H groups in total. The van der Waals surface area contributed by atoms with Crippen LogP contribution in [0.3, 0.4) is 0 Å². The molecule has 0 heterocycles. The van der Waals surface area contributed by atoms with Crippen LogP contribution in [0.4, 0.5) is 0 Å². The number of primary amides is 1. The number of nitrogens with two attached hydrogens (primary N) is 1. The molecule has 0 saturated heterocycles. The summed E-state index contributed by atoms with van der Waals surface area (Å²) in [4.78, 5) is 21.9. The first-order valence-corrected chi connectivity index (χ1v) is 5.97. The Balaban J connectivity index is 1.95.